The van der Waals surface area contributed by atoms with E-state index < -0.39 is 0 Å². The minimum Gasteiger partial charge on any atom is -0.489 e. The zero-order valence-electron chi connectivity index (χ0n) is 9.27. The molecule has 2 aromatic rings. The summed E-state index contributed by atoms with van der Waals surface area (Å²) in [5.41, 5.74) is 7.46. The maximum Gasteiger partial charge on any atom is 0.121 e. The Morgan fingerprint density at radius 3 is 2.88 bits per heavy atom. The first-order valence-electron chi connectivity index (χ1n) is 5.31. The van der Waals surface area contributed by atoms with Crippen molar-refractivity contribution >= 4 is 11.6 Å². The Kier molecular flexibility index (Phi) is 3.96. The van der Waals surface area contributed by atoms with E-state index in [0.717, 1.165) is 17.0 Å². The fraction of sp³-hybridized carbons (Fsp3) is 0.154. The van der Waals surface area contributed by atoms with E-state index in [1.54, 1.807) is 12.3 Å². The topological polar surface area (TPSA) is 48.1 Å². The number of hydrogen-bond acceptors (Lipinski definition) is 3. The van der Waals surface area contributed by atoms with Crippen LogP contribution in [-0.4, -0.2) is 4.98 Å². The fourth-order valence-electron chi connectivity index (χ4n) is 1.50. The number of aromatic nitrogens is 1. The molecule has 2 rings (SSSR count). The van der Waals surface area contributed by atoms with Crippen molar-refractivity contribution in [3.63, 3.8) is 0 Å². The third kappa shape index (κ3) is 3.19. The molecule has 0 fully saturated rings. The van der Waals surface area contributed by atoms with E-state index in [1.807, 2.05) is 30.3 Å². The molecule has 0 radical (unpaired) electrons. The number of pyridine rings is 1. The molecule has 1 aromatic carbocycles. The van der Waals surface area contributed by atoms with Gasteiger partial charge in [0.25, 0.3) is 0 Å². The molecular formula is C13H13ClN2O. The molecule has 0 aliphatic rings. The van der Waals surface area contributed by atoms with Gasteiger partial charge >= 0.3 is 0 Å². The first kappa shape index (κ1) is 11.9. The largest absolute Gasteiger partial charge is 0.489 e. The average Bonchev–Trinajstić information content (AvgIpc) is 2.37. The second kappa shape index (κ2) is 5.66. The molecule has 88 valence electrons. The number of ether oxygens (including phenoxy) is 1. The van der Waals surface area contributed by atoms with Gasteiger partial charge in [-0.25, -0.2) is 0 Å². The monoisotopic (exact) mass is 248 g/mol. The van der Waals surface area contributed by atoms with Gasteiger partial charge in [-0.05, 0) is 24.3 Å². The summed E-state index contributed by atoms with van der Waals surface area (Å²) in [4.78, 5) is 4.20. The molecule has 1 aromatic heterocycles. The molecule has 0 bridgehead atoms. The zero-order valence-corrected chi connectivity index (χ0v) is 10.0. The maximum atomic E-state index is 5.87. The van der Waals surface area contributed by atoms with Gasteiger partial charge in [-0.2, -0.15) is 0 Å². The highest BCUT2D eigenvalue weighted by Gasteiger charge is 2.02. The van der Waals surface area contributed by atoms with Crippen LogP contribution in [0.3, 0.4) is 0 Å². The molecule has 4 heteroatoms. The van der Waals surface area contributed by atoms with Gasteiger partial charge in [0.15, 0.2) is 0 Å². The molecule has 3 nitrogen and oxygen atoms in total. The number of nitrogens with zero attached hydrogens (tertiary/aromatic N) is 1. The quantitative estimate of drug-likeness (QED) is 0.905. The van der Waals surface area contributed by atoms with Gasteiger partial charge in [-0.15, -0.1) is 0 Å². The molecule has 0 saturated heterocycles. The van der Waals surface area contributed by atoms with E-state index in [4.69, 9.17) is 22.1 Å². The third-order valence-corrected chi connectivity index (χ3v) is 2.60. The van der Waals surface area contributed by atoms with Crippen LogP contribution in [0.2, 0.25) is 5.02 Å². The lowest BCUT2D eigenvalue weighted by Crippen LogP contribution is -2.06. The molecule has 0 spiro atoms. The van der Waals surface area contributed by atoms with Crippen LogP contribution in [0.5, 0.6) is 5.75 Å². The highest BCUT2D eigenvalue weighted by molar-refractivity contribution is 6.30. The second-order valence-electron chi connectivity index (χ2n) is 3.56. The molecular weight excluding hydrogens is 236 g/mol. The van der Waals surface area contributed by atoms with Gasteiger partial charge in [0.2, 0.25) is 0 Å². The normalized spacial score (nSPS) is 10.2. The lowest BCUT2D eigenvalue weighted by atomic mass is 10.2. The fourth-order valence-corrected chi connectivity index (χ4v) is 1.68. The number of nitrogens with two attached hydrogens (primary N) is 1. The summed E-state index contributed by atoms with van der Waals surface area (Å²) in [6.45, 7) is 0.857. The average molecular weight is 249 g/mol. The Morgan fingerprint density at radius 1 is 1.24 bits per heavy atom. The lowest BCUT2D eigenvalue weighted by Gasteiger charge is -2.09. The van der Waals surface area contributed by atoms with Crippen molar-refractivity contribution in [3.8, 4) is 5.75 Å². The SMILES string of the molecule is NCc1ncccc1COc1cccc(Cl)c1. The van der Waals surface area contributed by atoms with Crippen LogP contribution in [-0.2, 0) is 13.2 Å². The minimum atomic E-state index is 0.412. The van der Waals surface area contributed by atoms with Gasteiger partial charge in [0.05, 0.1) is 5.69 Å². The van der Waals surface area contributed by atoms with E-state index in [0.29, 0.717) is 18.2 Å². The van der Waals surface area contributed by atoms with Crippen molar-refractivity contribution in [2.75, 3.05) is 0 Å². The summed E-state index contributed by atoms with van der Waals surface area (Å²) in [6, 6.07) is 11.1. The van der Waals surface area contributed by atoms with Gasteiger partial charge < -0.3 is 10.5 Å². The van der Waals surface area contributed by atoms with Crippen molar-refractivity contribution in [1.82, 2.24) is 4.98 Å². The third-order valence-electron chi connectivity index (χ3n) is 2.37. The van der Waals surface area contributed by atoms with Crippen molar-refractivity contribution in [2.45, 2.75) is 13.2 Å². The van der Waals surface area contributed by atoms with Crippen LogP contribution in [0.1, 0.15) is 11.3 Å². The van der Waals surface area contributed by atoms with E-state index >= 15 is 0 Å². The number of halogens is 1. The van der Waals surface area contributed by atoms with E-state index in [2.05, 4.69) is 4.98 Å². The Morgan fingerprint density at radius 2 is 2.12 bits per heavy atom. The Bertz CT molecular complexity index is 502. The molecule has 0 saturated carbocycles. The summed E-state index contributed by atoms with van der Waals surface area (Å²) in [7, 11) is 0. The summed E-state index contributed by atoms with van der Waals surface area (Å²) in [5.74, 6) is 0.740. The smallest absolute Gasteiger partial charge is 0.121 e. The Balaban J connectivity index is 2.07. The molecule has 0 aliphatic heterocycles. The first-order valence-corrected chi connectivity index (χ1v) is 5.68. The molecule has 17 heavy (non-hydrogen) atoms. The Labute approximate surface area is 105 Å². The maximum absolute atomic E-state index is 5.87. The van der Waals surface area contributed by atoms with Gasteiger partial charge in [-0.1, -0.05) is 23.7 Å². The molecule has 0 unspecified atom stereocenters. The summed E-state index contributed by atoms with van der Waals surface area (Å²) < 4.78 is 5.64. The van der Waals surface area contributed by atoms with Gasteiger partial charge in [-0.3, -0.25) is 4.98 Å². The van der Waals surface area contributed by atoms with Crippen LogP contribution in [0.25, 0.3) is 0 Å². The van der Waals surface area contributed by atoms with E-state index in [-0.39, 0.29) is 0 Å². The minimum absolute atomic E-state index is 0.412. The summed E-state index contributed by atoms with van der Waals surface area (Å²) in [5, 5.41) is 0.660. The lowest BCUT2D eigenvalue weighted by molar-refractivity contribution is 0.304. The molecule has 1 heterocycles. The van der Waals surface area contributed by atoms with Crippen LogP contribution >= 0.6 is 11.6 Å². The van der Waals surface area contributed by atoms with Gasteiger partial charge in [0, 0.05) is 23.3 Å². The zero-order chi connectivity index (χ0) is 12.1. The number of hydrogen-bond donors (Lipinski definition) is 1. The van der Waals surface area contributed by atoms with Crippen molar-refractivity contribution in [1.29, 1.82) is 0 Å². The summed E-state index contributed by atoms with van der Waals surface area (Å²) in [6.07, 6.45) is 1.73. The van der Waals surface area contributed by atoms with Crippen LogP contribution in [0.15, 0.2) is 42.6 Å². The van der Waals surface area contributed by atoms with Crippen molar-refractivity contribution in [3.05, 3.63) is 58.9 Å². The predicted octanol–water partition coefficient (Wildman–Crippen LogP) is 2.77. The number of rotatable bonds is 4. The second-order valence-corrected chi connectivity index (χ2v) is 4.00. The highest BCUT2D eigenvalue weighted by atomic mass is 35.5. The van der Waals surface area contributed by atoms with E-state index in [9.17, 15) is 0 Å². The highest BCUT2D eigenvalue weighted by Crippen LogP contribution is 2.18. The van der Waals surface area contributed by atoms with Crippen molar-refractivity contribution < 1.29 is 4.74 Å². The van der Waals surface area contributed by atoms with Gasteiger partial charge in [0.1, 0.15) is 12.4 Å². The summed E-state index contributed by atoms with van der Waals surface area (Å²) >= 11 is 5.87. The molecule has 0 atom stereocenters. The predicted molar refractivity (Wildman–Crippen MR) is 67.9 cm³/mol. The standard InChI is InChI=1S/C13H13ClN2O/c14-11-4-1-5-12(7-11)17-9-10-3-2-6-16-13(10)8-15/h1-7H,8-9,15H2. The molecule has 2 N–H and O–H groups in total. The number of benzene rings is 1. The van der Waals surface area contributed by atoms with Crippen LogP contribution in [0.4, 0.5) is 0 Å². The first-order chi connectivity index (χ1) is 8.29. The molecule has 0 aliphatic carbocycles. The van der Waals surface area contributed by atoms with Crippen molar-refractivity contribution in [2.24, 2.45) is 5.73 Å². The van der Waals surface area contributed by atoms with E-state index in [1.165, 1.54) is 0 Å². The molecule has 0 amide bonds. The van der Waals surface area contributed by atoms with Crippen LogP contribution < -0.4 is 10.5 Å². The Hall–Kier alpha value is -1.58. The van der Waals surface area contributed by atoms with Crippen LogP contribution in [0, 0.1) is 0 Å².